The molecule has 1 saturated heterocycles. The lowest BCUT2D eigenvalue weighted by Gasteiger charge is -2.39. The lowest BCUT2D eigenvalue weighted by atomic mass is 9.79. The molecule has 8 nitrogen and oxygen atoms in total. The van der Waals surface area contributed by atoms with Crippen molar-refractivity contribution in [2.24, 2.45) is 9.98 Å². The van der Waals surface area contributed by atoms with Gasteiger partial charge in [-0.2, -0.15) is 0 Å². The number of carbonyl (C=O) groups is 1. The molecule has 0 saturated carbocycles. The Morgan fingerprint density at radius 2 is 1.83 bits per heavy atom. The molecule has 1 amide bonds. The standard InChI is InChI=1S/C38H48N4O4/c1-8-46-36-19-31-32(20-35(36)44-7)37(40-34-17-18-41(6)22-33(31)34)29-13-15-30(16-14-29)38(43)42(25(2)3)26(4)23-45-24-28-11-9-27(10-12-28)21-39-5/h9-16,19-21,25-26,33-34H,8,17-18,22-24H2,1-7H3/t26-,33+,34+/m0/s1. The number of aliphatic imine (C=N–C) groups is 2. The Morgan fingerprint density at radius 1 is 1.09 bits per heavy atom. The van der Waals surface area contributed by atoms with Crippen molar-refractivity contribution < 1.29 is 19.0 Å². The number of ether oxygens (including phenoxy) is 3. The first kappa shape index (κ1) is 33.4. The molecule has 0 aliphatic carbocycles. The Bertz CT molecular complexity index is 1550. The maximum Gasteiger partial charge on any atom is 0.254 e. The monoisotopic (exact) mass is 624 g/mol. The molecule has 3 atom stereocenters. The zero-order chi connectivity index (χ0) is 32.8. The number of carbonyl (C=O) groups excluding carboxylic acids is 1. The minimum atomic E-state index is -0.0957. The highest BCUT2D eigenvalue weighted by Gasteiger charge is 2.36. The number of piperidine rings is 1. The lowest BCUT2D eigenvalue weighted by molar-refractivity contribution is 0.0340. The molecule has 2 heterocycles. The largest absolute Gasteiger partial charge is 0.493 e. The molecule has 0 bridgehead atoms. The van der Waals surface area contributed by atoms with E-state index in [2.05, 4.69) is 29.1 Å². The minimum Gasteiger partial charge on any atom is -0.493 e. The molecule has 0 unspecified atom stereocenters. The molecule has 0 radical (unpaired) electrons. The number of hydrogen-bond acceptors (Lipinski definition) is 7. The summed E-state index contributed by atoms with van der Waals surface area (Å²) in [5.41, 5.74) is 7.04. The lowest BCUT2D eigenvalue weighted by Crippen LogP contribution is -2.45. The Balaban J connectivity index is 1.34. The molecule has 1 fully saturated rings. The quantitative estimate of drug-likeness (QED) is 0.223. The fourth-order valence-corrected chi connectivity index (χ4v) is 6.68. The van der Waals surface area contributed by atoms with Gasteiger partial charge in [-0.05, 0) is 88.7 Å². The number of fused-ring (bicyclic) bond motifs is 3. The number of hydrogen-bond donors (Lipinski definition) is 0. The number of rotatable bonds is 12. The average molecular weight is 625 g/mol. The van der Waals surface area contributed by atoms with Crippen molar-refractivity contribution in [3.05, 3.63) is 94.0 Å². The minimum absolute atomic E-state index is 0.00903. The van der Waals surface area contributed by atoms with Crippen LogP contribution in [-0.4, -0.2) is 93.3 Å². The van der Waals surface area contributed by atoms with E-state index in [0.29, 0.717) is 37.1 Å². The van der Waals surface area contributed by atoms with Crippen LogP contribution in [0.1, 0.15) is 78.2 Å². The van der Waals surface area contributed by atoms with Gasteiger partial charge in [0.25, 0.3) is 5.91 Å². The van der Waals surface area contributed by atoms with Crippen molar-refractivity contribution in [2.45, 2.75) is 64.8 Å². The van der Waals surface area contributed by atoms with Gasteiger partial charge in [-0.1, -0.05) is 36.4 Å². The van der Waals surface area contributed by atoms with Crippen LogP contribution in [0.3, 0.4) is 0 Å². The summed E-state index contributed by atoms with van der Waals surface area (Å²) in [5.74, 6) is 1.76. The highest BCUT2D eigenvalue weighted by Crippen LogP contribution is 2.42. The second-order valence-electron chi connectivity index (χ2n) is 12.6. The first-order chi connectivity index (χ1) is 22.2. The summed E-state index contributed by atoms with van der Waals surface area (Å²) in [6.07, 6.45) is 2.83. The van der Waals surface area contributed by atoms with E-state index in [9.17, 15) is 4.79 Å². The molecule has 0 aromatic heterocycles. The highest BCUT2D eigenvalue weighted by atomic mass is 16.5. The summed E-state index contributed by atoms with van der Waals surface area (Å²) in [6.45, 7) is 11.6. The zero-order valence-corrected chi connectivity index (χ0v) is 28.3. The van der Waals surface area contributed by atoms with Crippen molar-refractivity contribution >= 4 is 17.8 Å². The van der Waals surface area contributed by atoms with Crippen molar-refractivity contribution in [3.8, 4) is 11.5 Å². The van der Waals surface area contributed by atoms with Gasteiger partial charge in [-0.15, -0.1) is 0 Å². The van der Waals surface area contributed by atoms with Crippen molar-refractivity contribution in [1.29, 1.82) is 0 Å². The molecule has 3 aromatic rings. The molecule has 46 heavy (non-hydrogen) atoms. The number of methoxy groups -OCH3 is 1. The first-order valence-electron chi connectivity index (χ1n) is 16.4. The van der Waals surface area contributed by atoms with E-state index in [-0.39, 0.29) is 24.0 Å². The molecular weight excluding hydrogens is 576 g/mol. The number of amides is 1. The zero-order valence-electron chi connectivity index (χ0n) is 28.3. The van der Waals surface area contributed by atoms with Crippen LogP contribution in [0.4, 0.5) is 0 Å². The van der Waals surface area contributed by atoms with Gasteiger partial charge in [0.1, 0.15) is 0 Å². The van der Waals surface area contributed by atoms with Gasteiger partial charge in [0.2, 0.25) is 0 Å². The smallest absolute Gasteiger partial charge is 0.254 e. The maximum atomic E-state index is 13.8. The Hall–Kier alpha value is -4.01. The third-order valence-corrected chi connectivity index (χ3v) is 8.92. The third kappa shape index (κ3) is 7.34. The molecule has 244 valence electrons. The van der Waals surface area contributed by atoms with Crippen molar-refractivity contribution in [3.63, 3.8) is 0 Å². The van der Waals surface area contributed by atoms with Crippen LogP contribution in [0.15, 0.2) is 70.6 Å². The first-order valence-corrected chi connectivity index (χ1v) is 16.4. The fourth-order valence-electron chi connectivity index (χ4n) is 6.68. The normalized spacial score (nSPS) is 18.6. The predicted octanol–water partition coefficient (Wildman–Crippen LogP) is 6.24. The third-order valence-electron chi connectivity index (χ3n) is 8.92. The fraction of sp³-hybridized carbons (Fsp3) is 0.447. The van der Waals surface area contributed by atoms with E-state index in [1.54, 1.807) is 14.2 Å². The Labute approximate surface area is 274 Å². The van der Waals surface area contributed by atoms with Gasteiger partial charge in [0.15, 0.2) is 11.5 Å². The Morgan fingerprint density at radius 3 is 2.48 bits per heavy atom. The predicted molar refractivity (Wildman–Crippen MR) is 185 cm³/mol. The van der Waals surface area contributed by atoms with E-state index in [0.717, 1.165) is 53.2 Å². The summed E-state index contributed by atoms with van der Waals surface area (Å²) in [5, 5.41) is 0. The molecule has 2 aliphatic heterocycles. The second kappa shape index (κ2) is 15.1. The van der Waals surface area contributed by atoms with Crippen molar-refractivity contribution in [1.82, 2.24) is 9.80 Å². The van der Waals surface area contributed by atoms with E-state index in [4.69, 9.17) is 19.2 Å². The van der Waals surface area contributed by atoms with Gasteiger partial charge >= 0.3 is 0 Å². The van der Waals surface area contributed by atoms with Crippen LogP contribution < -0.4 is 9.47 Å². The van der Waals surface area contributed by atoms with Crippen LogP contribution in [0, 0.1) is 0 Å². The van der Waals surface area contributed by atoms with Gasteiger partial charge in [0, 0.05) is 48.5 Å². The van der Waals surface area contributed by atoms with E-state index in [1.165, 1.54) is 5.56 Å². The molecule has 8 heteroatoms. The number of likely N-dealkylation sites (N-methyl/N-ethyl adjacent to an activating group) is 1. The maximum absolute atomic E-state index is 13.8. The average Bonchev–Trinajstić information content (AvgIpc) is 3.05. The van der Waals surface area contributed by atoms with Crippen LogP contribution in [0.2, 0.25) is 0 Å². The van der Waals surface area contributed by atoms with E-state index >= 15 is 0 Å². The van der Waals surface area contributed by atoms with Gasteiger partial charge in [-0.25, -0.2) is 0 Å². The molecule has 0 N–H and O–H groups in total. The van der Waals surface area contributed by atoms with Crippen LogP contribution in [0.25, 0.3) is 0 Å². The number of nitrogens with zero attached hydrogens (tertiary/aromatic N) is 4. The summed E-state index contributed by atoms with van der Waals surface area (Å²) >= 11 is 0. The van der Waals surface area contributed by atoms with E-state index in [1.807, 2.05) is 87.3 Å². The second-order valence-corrected chi connectivity index (χ2v) is 12.6. The van der Waals surface area contributed by atoms with Gasteiger partial charge in [-0.3, -0.25) is 14.8 Å². The number of benzene rings is 3. The molecular formula is C38H48N4O4. The van der Waals surface area contributed by atoms with Crippen LogP contribution in [0.5, 0.6) is 11.5 Å². The summed E-state index contributed by atoms with van der Waals surface area (Å²) < 4.78 is 17.8. The molecule has 0 spiro atoms. The molecule has 5 rings (SSSR count). The Kier molecular flexibility index (Phi) is 10.9. The summed E-state index contributed by atoms with van der Waals surface area (Å²) in [4.78, 5) is 27.5. The van der Waals surface area contributed by atoms with Gasteiger partial charge < -0.3 is 24.0 Å². The number of likely N-dealkylation sites (tertiary alicyclic amines) is 1. The van der Waals surface area contributed by atoms with E-state index < -0.39 is 0 Å². The molecule has 2 aliphatic rings. The van der Waals surface area contributed by atoms with Gasteiger partial charge in [0.05, 0.1) is 44.7 Å². The summed E-state index contributed by atoms with van der Waals surface area (Å²) in [7, 11) is 5.61. The van der Waals surface area contributed by atoms with Crippen LogP contribution in [-0.2, 0) is 11.3 Å². The highest BCUT2D eigenvalue weighted by molar-refractivity contribution is 6.15. The van der Waals surface area contributed by atoms with Crippen molar-refractivity contribution in [2.75, 3.05) is 47.5 Å². The topological polar surface area (TPSA) is 76.0 Å². The SMILES string of the molecule is CCOc1cc2c(cc1OC)C(c1ccc(C(=O)N(C(C)C)[C@@H](C)COCc3ccc(C=NC)cc3)cc1)=N[C@@H]1CCN(C)C[C@H]21. The molecule has 3 aromatic carbocycles. The summed E-state index contributed by atoms with van der Waals surface area (Å²) in [6, 6.07) is 20.4. The van der Waals surface area contributed by atoms with Crippen LogP contribution >= 0.6 is 0 Å².